The lowest BCUT2D eigenvalue weighted by molar-refractivity contribution is -0.104. The molecule has 1 heterocycles. The summed E-state index contributed by atoms with van der Waals surface area (Å²) >= 11 is 0. The van der Waals surface area contributed by atoms with Gasteiger partial charge in [0.05, 0.1) is 0 Å². The van der Waals surface area contributed by atoms with Crippen molar-refractivity contribution in [1.82, 2.24) is 4.90 Å². The first-order valence-corrected chi connectivity index (χ1v) is 4.38. The number of rotatable bonds is 3. The van der Waals surface area contributed by atoms with Gasteiger partial charge in [-0.15, -0.1) is 0 Å². The van der Waals surface area contributed by atoms with Gasteiger partial charge in [-0.25, -0.2) is 4.39 Å². The Kier molecular flexibility index (Phi) is 3.01. The topological polar surface area (TPSA) is 3.24 Å². The van der Waals surface area contributed by atoms with Crippen molar-refractivity contribution in [2.24, 2.45) is 0 Å². The minimum absolute atomic E-state index is 0.410. The van der Waals surface area contributed by atoms with Gasteiger partial charge >= 0.3 is 5.92 Å². The maximum Gasteiger partial charge on any atom is 0.312 e. The van der Waals surface area contributed by atoms with E-state index in [2.05, 4.69) is 6.58 Å². The molecular formula is C9H14F3N. The van der Waals surface area contributed by atoms with E-state index in [1.54, 1.807) is 0 Å². The molecule has 1 atom stereocenters. The van der Waals surface area contributed by atoms with E-state index in [1.807, 2.05) is 0 Å². The normalized spacial score (nSPS) is 21.8. The fourth-order valence-electron chi connectivity index (χ4n) is 1.40. The predicted octanol–water partition coefficient (Wildman–Crippen LogP) is 2.59. The Bertz CT molecular complexity index is 197. The maximum atomic E-state index is 13.3. The molecule has 0 aliphatic carbocycles. The molecule has 1 nitrogen and oxygen atoms in total. The third-order valence-corrected chi connectivity index (χ3v) is 2.33. The number of hydrogen-bond acceptors (Lipinski definition) is 1. The Morgan fingerprint density at radius 2 is 1.85 bits per heavy atom. The summed E-state index contributed by atoms with van der Waals surface area (Å²) in [6, 6.07) is 0. The van der Waals surface area contributed by atoms with Gasteiger partial charge in [0.15, 0.2) is 0 Å². The molecule has 0 radical (unpaired) electrons. The molecule has 0 N–H and O–H groups in total. The molecule has 1 fully saturated rings. The number of alkyl halides is 3. The lowest BCUT2D eigenvalue weighted by atomic mass is 10.1. The summed E-state index contributed by atoms with van der Waals surface area (Å²) in [4.78, 5) is 1.18. The van der Waals surface area contributed by atoms with Crippen molar-refractivity contribution in [3.63, 3.8) is 0 Å². The van der Waals surface area contributed by atoms with Crippen LogP contribution in [-0.4, -0.2) is 30.2 Å². The molecule has 0 spiro atoms. The first kappa shape index (κ1) is 10.6. The van der Waals surface area contributed by atoms with Crippen LogP contribution in [0.5, 0.6) is 0 Å². The van der Waals surface area contributed by atoms with Gasteiger partial charge in [0, 0.05) is 13.1 Å². The molecular weight excluding hydrogens is 179 g/mol. The second-order valence-electron chi connectivity index (χ2n) is 3.48. The third-order valence-electron chi connectivity index (χ3n) is 2.33. The van der Waals surface area contributed by atoms with Gasteiger partial charge in [-0.05, 0) is 25.3 Å². The van der Waals surface area contributed by atoms with Crippen LogP contribution in [0.25, 0.3) is 0 Å². The van der Waals surface area contributed by atoms with Crippen molar-refractivity contribution >= 4 is 0 Å². The molecule has 0 bridgehead atoms. The molecule has 1 aliphatic heterocycles. The molecule has 4 heteroatoms. The summed E-state index contributed by atoms with van der Waals surface area (Å²) in [5.74, 6) is -3.41. The summed E-state index contributed by atoms with van der Waals surface area (Å²) in [5.41, 5.74) is -0.410. The van der Waals surface area contributed by atoms with Gasteiger partial charge in [-0.2, -0.15) is 8.78 Å². The summed E-state index contributed by atoms with van der Waals surface area (Å²) < 4.78 is 39.4. The number of hydrogen-bond donors (Lipinski definition) is 0. The van der Waals surface area contributed by atoms with Gasteiger partial charge in [0.1, 0.15) is 0 Å². The SMILES string of the molecule is C=C(C)C(F)(F)C(F)N1CCCC1. The van der Waals surface area contributed by atoms with Gasteiger partial charge in [-0.1, -0.05) is 6.58 Å². The minimum atomic E-state index is -3.41. The molecule has 0 aromatic heterocycles. The summed E-state index contributed by atoms with van der Waals surface area (Å²) in [6.45, 7) is 5.10. The second kappa shape index (κ2) is 3.70. The van der Waals surface area contributed by atoms with Crippen molar-refractivity contribution in [1.29, 1.82) is 0 Å². The monoisotopic (exact) mass is 193 g/mol. The highest BCUT2D eigenvalue weighted by Gasteiger charge is 2.45. The zero-order valence-electron chi connectivity index (χ0n) is 7.69. The first-order chi connectivity index (χ1) is 5.96. The predicted molar refractivity (Wildman–Crippen MR) is 45.5 cm³/mol. The third kappa shape index (κ3) is 2.05. The maximum absolute atomic E-state index is 13.3. The highest BCUT2D eigenvalue weighted by Crippen LogP contribution is 2.32. The Hall–Kier alpha value is -0.510. The van der Waals surface area contributed by atoms with Crippen LogP contribution in [-0.2, 0) is 0 Å². The Balaban J connectivity index is 2.64. The molecule has 1 aliphatic rings. The van der Waals surface area contributed by atoms with Gasteiger partial charge < -0.3 is 0 Å². The second-order valence-corrected chi connectivity index (χ2v) is 3.48. The largest absolute Gasteiger partial charge is 0.312 e. The van der Waals surface area contributed by atoms with E-state index in [9.17, 15) is 13.2 Å². The van der Waals surface area contributed by atoms with E-state index >= 15 is 0 Å². The lowest BCUT2D eigenvalue weighted by Crippen LogP contribution is -2.44. The van der Waals surface area contributed by atoms with E-state index in [1.165, 1.54) is 4.90 Å². The van der Waals surface area contributed by atoms with E-state index in [4.69, 9.17) is 0 Å². The van der Waals surface area contributed by atoms with Crippen molar-refractivity contribution < 1.29 is 13.2 Å². The average Bonchev–Trinajstić information content (AvgIpc) is 2.54. The summed E-state index contributed by atoms with van der Waals surface area (Å²) in [5, 5.41) is 0. The highest BCUT2D eigenvalue weighted by atomic mass is 19.3. The molecule has 1 unspecified atom stereocenters. The van der Waals surface area contributed by atoms with Crippen molar-refractivity contribution in [2.75, 3.05) is 13.1 Å². The zero-order valence-corrected chi connectivity index (χ0v) is 7.69. The standard InChI is InChI=1S/C9H14F3N/c1-7(2)9(11,12)8(10)13-5-3-4-6-13/h8H,1,3-6H2,2H3. The molecule has 13 heavy (non-hydrogen) atoms. The highest BCUT2D eigenvalue weighted by molar-refractivity contribution is 5.07. The minimum Gasteiger partial charge on any atom is -0.269 e. The summed E-state index contributed by atoms with van der Waals surface area (Å²) in [6.07, 6.45) is -0.605. The zero-order chi connectivity index (χ0) is 10.1. The molecule has 0 amide bonds. The van der Waals surface area contributed by atoms with Gasteiger partial charge in [0.25, 0.3) is 0 Å². The van der Waals surface area contributed by atoms with Crippen LogP contribution in [0, 0.1) is 0 Å². The molecule has 1 rings (SSSR count). The molecule has 0 saturated carbocycles. The number of halogens is 3. The van der Waals surface area contributed by atoms with Crippen molar-refractivity contribution in [3.05, 3.63) is 12.2 Å². The molecule has 0 aromatic carbocycles. The smallest absolute Gasteiger partial charge is 0.269 e. The number of nitrogens with zero attached hydrogens (tertiary/aromatic N) is 1. The molecule has 76 valence electrons. The van der Waals surface area contributed by atoms with Gasteiger partial charge in [-0.3, -0.25) is 4.90 Å². The van der Waals surface area contributed by atoms with Crippen LogP contribution in [0.4, 0.5) is 13.2 Å². The van der Waals surface area contributed by atoms with Crippen molar-refractivity contribution in [2.45, 2.75) is 32.0 Å². The lowest BCUT2D eigenvalue weighted by Gasteiger charge is -2.27. The van der Waals surface area contributed by atoms with Crippen LogP contribution >= 0.6 is 0 Å². The van der Waals surface area contributed by atoms with E-state index in [0.717, 1.165) is 19.8 Å². The molecule has 0 aromatic rings. The average molecular weight is 193 g/mol. The summed E-state index contributed by atoms with van der Waals surface area (Å²) in [7, 11) is 0. The Labute approximate surface area is 76.2 Å². The van der Waals surface area contributed by atoms with Crippen LogP contribution < -0.4 is 0 Å². The van der Waals surface area contributed by atoms with Crippen LogP contribution in [0.3, 0.4) is 0 Å². The molecule has 1 saturated heterocycles. The van der Waals surface area contributed by atoms with E-state index in [-0.39, 0.29) is 0 Å². The number of likely N-dealkylation sites (tertiary alicyclic amines) is 1. The van der Waals surface area contributed by atoms with Crippen molar-refractivity contribution in [3.8, 4) is 0 Å². The van der Waals surface area contributed by atoms with Crippen LogP contribution in [0.15, 0.2) is 12.2 Å². The van der Waals surface area contributed by atoms with Gasteiger partial charge in [0.2, 0.25) is 6.30 Å². The van der Waals surface area contributed by atoms with E-state index in [0.29, 0.717) is 13.1 Å². The van der Waals surface area contributed by atoms with Crippen LogP contribution in [0.2, 0.25) is 0 Å². The fourth-order valence-corrected chi connectivity index (χ4v) is 1.40. The van der Waals surface area contributed by atoms with Crippen LogP contribution in [0.1, 0.15) is 19.8 Å². The quantitative estimate of drug-likeness (QED) is 0.492. The Morgan fingerprint density at radius 3 is 2.23 bits per heavy atom. The van der Waals surface area contributed by atoms with E-state index < -0.39 is 17.8 Å². The first-order valence-electron chi connectivity index (χ1n) is 4.38. The fraction of sp³-hybridized carbons (Fsp3) is 0.778. The Morgan fingerprint density at radius 1 is 1.38 bits per heavy atom.